The Bertz CT molecular complexity index is 1590. The van der Waals surface area contributed by atoms with Crippen LogP contribution in [-0.4, -0.2) is 40.1 Å². The monoisotopic (exact) mass is 609 g/mol. The molecule has 3 aromatic carbocycles. The summed E-state index contributed by atoms with van der Waals surface area (Å²) in [5.41, 5.74) is 3.26. The maximum absolute atomic E-state index is 13.0. The summed E-state index contributed by atoms with van der Waals surface area (Å²) >= 11 is 11.9. The molecule has 1 saturated heterocycles. The molecule has 12 heteroatoms. The summed E-state index contributed by atoms with van der Waals surface area (Å²) < 4.78 is 55.7. The van der Waals surface area contributed by atoms with Gasteiger partial charge in [0, 0.05) is 18.8 Å². The Morgan fingerprint density at radius 2 is 1.67 bits per heavy atom. The average molecular weight is 611 g/mol. The van der Waals surface area contributed by atoms with Crippen LogP contribution in [0.4, 0.5) is 11.4 Å². The summed E-state index contributed by atoms with van der Waals surface area (Å²) in [5, 5.41) is 3.40. The van der Waals surface area contributed by atoms with Gasteiger partial charge in [0.25, 0.3) is 10.0 Å². The number of amides is 1. The number of hydrogen-bond acceptors (Lipinski definition) is 5. The molecule has 0 radical (unpaired) electrons. The van der Waals surface area contributed by atoms with Crippen molar-refractivity contribution in [3.05, 3.63) is 87.4 Å². The van der Waals surface area contributed by atoms with E-state index in [-0.39, 0.29) is 28.1 Å². The lowest BCUT2D eigenvalue weighted by atomic mass is 9.99. The molecular formula is C27H29Cl2N3O5S2. The molecule has 208 valence electrons. The summed E-state index contributed by atoms with van der Waals surface area (Å²) in [6.07, 6.45) is 1.08. The molecule has 4 rings (SSSR count). The number of halogens is 2. The number of carbonyl (C=O) groups excluding carboxylic acids is 1. The maximum Gasteiger partial charge on any atom is 0.261 e. The lowest BCUT2D eigenvalue weighted by Gasteiger charge is -2.31. The Hall–Kier alpha value is -2.63. The van der Waals surface area contributed by atoms with Crippen molar-refractivity contribution in [1.29, 1.82) is 0 Å². The first-order valence-electron chi connectivity index (χ1n) is 12.3. The second-order valence-corrected chi connectivity index (χ2v) is 14.1. The molecule has 39 heavy (non-hydrogen) atoms. The van der Waals surface area contributed by atoms with Crippen molar-refractivity contribution >= 4 is 60.5 Å². The summed E-state index contributed by atoms with van der Waals surface area (Å²) in [5.74, 6) is -1.12. The molecule has 0 aliphatic carbocycles. The number of nitrogens with one attached hydrogen (secondary N) is 2. The predicted molar refractivity (Wildman–Crippen MR) is 155 cm³/mol. The van der Waals surface area contributed by atoms with Crippen molar-refractivity contribution in [2.24, 2.45) is 5.92 Å². The van der Waals surface area contributed by atoms with Gasteiger partial charge in [-0.05, 0) is 80.3 Å². The highest BCUT2D eigenvalue weighted by Gasteiger charge is 2.32. The Kier molecular flexibility index (Phi) is 8.92. The third kappa shape index (κ3) is 7.32. The van der Waals surface area contributed by atoms with E-state index >= 15 is 0 Å². The molecule has 1 fully saturated rings. The van der Waals surface area contributed by atoms with Gasteiger partial charge in [0.1, 0.15) is 0 Å². The zero-order valence-electron chi connectivity index (χ0n) is 21.4. The number of aryl methyl sites for hydroxylation is 2. The van der Waals surface area contributed by atoms with Gasteiger partial charge in [0.2, 0.25) is 15.9 Å². The van der Waals surface area contributed by atoms with Crippen LogP contribution in [0.15, 0.2) is 65.6 Å². The Morgan fingerprint density at radius 1 is 0.949 bits per heavy atom. The molecule has 1 amide bonds. The molecule has 8 nitrogen and oxygen atoms in total. The minimum Gasteiger partial charge on any atom is -0.326 e. The summed E-state index contributed by atoms with van der Waals surface area (Å²) in [6, 6.07) is 16.0. The van der Waals surface area contributed by atoms with Crippen molar-refractivity contribution in [3.63, 3.8) is 0 Å². The minimum atomic E-state index is -3.82. The first-order valence-corrected chi connectivity index (χ1v) is 16.1. The van der Waals surface area contributed by atoms with Gasteiger partial charge < -0.3 is 5.32 Å². The number of sulfonamides is 2. The Labute approximate surface area is 239 Å². The van der Waals surface area contributed by atoms with Crippen LogP contribution in [0.3, 0.4) is 0 Å². The SMILES string of the molecule is Cc1ccc(NS(=O)(=O)c2ccc(NC(=O)[C@@H]3CCCN(S(=O)(=O)Cc4ccc(Cl)c(Cl)c4)C3)cc2)c(C)c1. The van der Waals surface area contributed by atoms with E-state index in [1.54, 1.807) is 18.2 Å². The fraction of sp³-hybridized carbons (Fsp3) is 0.296. The van der Waals surface area contributed by atoms with E-state index < -0.39 is 26.0 Å². The third-order valence-corrected chi connectivity index (χ3v) is 10.5. The lowest BCUT2D eigenvalue weighted by Crippen LogP contribution is -2.44. The van der Waals surface area contributed by atoms with Crippen LogP contribution in [0.5, 0.6) is 0 Å². The Morgan fingerprint density at radius 3 is 2.33 bits per heavy atom. The van der Waals surface area contributed by atoms with Crippen molar-refractivity contribution in [2.75, 3.05) is 23.1 Å². The van der Waals surface area contributed by atoms with E-state index in [2.05, 4.69) is 10.0 Å². The smallest absolute Gasteiger partial charge is 0.261 e. The number of nitrogens with zero attached hydrogens (tertiary/aromatic N) is 1. The van der Waals surface area contributed by atoms with Crippen molar-refractivity contribution < 1.29 is 21.6 Å². The highest BCUT2D eigenvalue weighted by Crippen LogP contribution is 2.27. The summed E-state index contributed by atoms with van der Waals surface area (Å²) in [6.45, 7) is 4.14. The number of carbonyl (C=O) groups is 1. The second kappa shape index (κ2) is 11.9. The first kappa shape index (κ1) is 29.4. The normalized spacial score (nSPS) is 16.6. The molecule has 1 atom stereocenters. The number of piperidine rings is 1. The van der Waals surface area contributed by atoms with Gasteiger partial charge in [0.15, 0.2) is 0 Å². The van der Waals surface area contributed by atoms with Crippen molar-refractivity contribution in [3.8, 4) is 0 Å². The summed E-state index contributed by atoms with van der Waals surface area (Å²) in [4.78, 5) is 13.0. The molecule has 0 saturated carbocycles. The highest BCUT2D eigenvalue weighted by atomic mass is 35.5. The molecule has 0 spiro atoms. The van der Waals surface area contributed by atoms with E-state index in [1.165, 1.54) is 34.6 Å². The van der Waals surface area contributed by atoms with E-state index in [9.17, 15) is 21.6 Å². The van der Waals surface area contributed by atoms with Crippen LogP contribution in [-0.2, 0) is 30.6 Å². The maximum atomic E-state index is 13.0. The second-order valence-electron chi connectivity index (χ2n) is 9.64. The van der Waals surface area contributed by atoms with Crippen LogP contribution >= 0.6 is 23.2 Å². The quantitative estimate of drug-likeness (QED) is 0.345. The molecular weight excluding hydrogens is 581 g/mol. The van der Waals surface area contributed by atoms with Crippen LogP contribution in [0.2, 0.25) is 10.0 Å². The zero-order valence-corrected chi connectivity index (χ0v) is 24.6. The van der Waals surface area contributed by atoms with Crippen LogP contribution in [0.1, 0.15) is 29.5 Å². The largest absolute Gasteiger partial charge is 0.326 e. The van der Waals surface area contributed by atoms with E-state index in [0.717, 1.165) is 11.1 Å². The third-order valence-electron chi connectivity index (χ3n) is 6.54. The molecule has 0 bridgehead atoms. The van der Waals surface area contributed by atoms with Gasteiger partial charge in [-0.1, -0.05) is 47.0 Å². The standard InChI is InChI=1S/C27H29Cl2N3O5S2/c1-18-5-12-26(19(2)14-18)31-39(36,37)23-9-7-22(8-10-23)30-27(33)21-4-3-13-32(16-21)38(34,35)17-20-6-11-24(28)25(29)15-20/h5-12,14-15,21,31H,3-4,13,16-17H2,1-2H3,(H,30,33)/t21-/m1/s1. The van der Waals surface area contributed by atoms with Gasteiger partial charge in [-0.25, -0.2) is 21.1 Å². The topological polar surface area (TPSA) is 113 Å². The van der Waals surface area contributed by atoms with Crippen LogP contribution in [0, 0.1) is 19.8 Å². The Balaban J connectivity index is 1.39. The molecule has 2 N–H and O–H groups in total. The fourth-order valence-corrected chi connectivity index (χ4v) is 7.48. The number of anilines is 2. The lowest BCUT2D eigenvalue weighted by molar-refractivity contribution is -0.120. The van der Waals surface area contributed by atoms with Gasteiger partial charge in [-0.2, -0.15) is 0 Å². The molecule has 1 aliphatic rings. The summed E-state index contributed by atoms with van der Waals surface area (Å²) in [7, 11) is -7.50. The van der Waals surface area contributed by atoms with Gasteiger partial charge in [0.05, 0.1) is 32.3 Å². The number of hydrogen-bond donors (Lipinski definition) is 2. The van der Waals surface area contributed by atoms with Crippen molar-refractivity contribution in [2.45, 2.75) is 37.3 Å². The van der Waals surface area contributed by atoms with E-state index in [4.69, 9.17) is 23.2 Å². The number of benzene rings is 3. The van der Waals surface area contributed by atoms with E-state index in [1.807, 2.05) is 26.0 Å². The first-order chi connectivity index (χ1) is 18.3. The number of rotatable bonds is 8. The van der Waals surface area contributed by atoms with E-state index in [0.29, 0.717) is 41.3 Å². The molecule has 1 aliphatic heterocycles. The highest BCUT2D eigenvalue weighted by molar-refractivity contribution is 7.92. The van der Waals surface area contributed by atoms with Gasteiger partial charge >= 0.3 is 0 Å². The fourth-order valence-electron chi connectivity index (χ4n) is 4.43. The zero-order chi connectivity index (χ0) is 28.4. The predicted octanol–water partition coefficient (Wildman–Crippen LogP) is 5.59. The molecule has 3 aromatic rings. The van der Waals surface area contributed by atoms with Gasteiger partial charge in [-0.15, -0.1) is 0 Å². The molecule has 1 heterocycles. The van der Waals surface area contributed by atoms with Crippen molar-refractivity contribution in [1.82, 2.24) is 4.31 Å². The van der Waals surface area contributed by atoms with Crippen LogP contribution < -0.4 is 10.0 Å². The van der Waals surface area contributed by atoms with Crippen LogP contribution in [0.25, 0.3) is 0 Å². The van der Waals surface area contributed by atoms with Gasteiger partial charge in [-0.3, -0.25) is 9.52 Å². The minimum absolute atomic E-state index is 0.0534. The average Bonchev–Trinajstić information content (AvgIpc) is 2.88. The molecule has 0 unspecified atom stereocenters. The molecule has 0 aromatic heterocycles.